The van der Waals surface area contributed by atoms with E-state index in [1.165, 1.54) is 24.3 Å². The summed E-state index contributed by atoms with van der Waals surface area (Å²) in [5.74, 6) is -0.392. The average molecular weight is 552 g/mol. The zero-order chi connectivity index (χ0) is 24.8. The molecule has 0 radical (unpaired) electrons. The molecule has 1 amide bonds. The first-order valence-corrected chi connectivity index (χ1v) is 12.0. The molecule has 0 saturated carbocycles. The summed E-state index contributed by atoms with van der Waals surface area (Å²) in [6, 6.07) is 7.74. The number of rotatable bonds is 4. The van der Waals surface area contributed by atoms with E-state index < -0.39 is 39.4 Å². The monoisotopic (exact) mass is 551 g/mol. The van der Waals surface area contributed by atoms with Crippen LogP contribution in [0.3, 0.4) is 0 Å². The van der Waals surface area contributed by atoms with Crippen LogP contribution in [0.1, 0.15) is 5.69 Å². The van der Waals surface area contributed by atoms with Gasteiger partial charge in [-0.2, -0.15) is 18.3 Å². The topological polar surface area (TPSA) is 129 Å². The minimum atomic E-state index is -4.80. The number of benzene rings is 1. The van der Waals surface area contributed by atoms with Crippen molar-refractivity contribution in [3.8, 4) is 17.0 Å². The minimum absolute atomic E-state index is 0.0686. The van der Waals surface area contributed by atoms with Crippen molar-refractivity contribution in [3.63, 3.8) is 0 Å². The number of nitrogens with zero attached hydrogens (tertiary/aromatic N) is 3. The number of anilines is 1. The molecular formula is C18H10Cl2F3N5O4S2. The number of fused-ring (bicyclic) bond motifs is 1. The van der Waals surface area contributed by atoms with Crippen molar-refractivity contribution in [3.05, 3.63) is 57.6 Å². The summed E-state index contributed by atoms with van der Waals surface area (Å²) in [4.78, 5) is 16.5. The Labute approximate surface area is 202 Å². The Balaban J connectivity index is 1.71. The number of halogens is 5. The first-order chi connectivity index (χ1) is 15.8. The summed E-state index contributed by atoms with van der Waals surface area (Å²) >= 11 is 12.3. The van der Waals surface area contributed by atoms with Crippen LogP contribution in [0.4, 0.5) is 23.7 Å². The van der Waals surface area contributed by atoms with E-state index in [1.54, 1.807) is 0 Å². The first-order valence-electron chi connectivity index (χ1n) is 8.86. The quantitative estimate of drug-likeness (QED) is 0.365. The van der Waals surface area contributed by atoms with Crippen LogP contribution in [0.2, 0.25) is 9.36 Å². The number of nitrogens with one attached hydrogen (secondary N) is 1. The van der Waals surface area contributed by atoms with E-state index >= 15 is 0 Å². The number of amides is 1. The lowest BCUT2D eigenvalue weighted by Crippen LogP contribution is -2.17. The zero-order valence-corrected chi connectivity index (χ0v) is 19.4. The maximum Gasteiger partial charge on any atom is 0.433 e. The molecule has 34 heavy (non-hydrogen) atoms. The molecule has 0 unspecified atom stereocenters. The van der Waals surface area contributed by atoms with Crippen molar-refractivity contribution in [1.82, 2.24) is 14.6 Å². The molecule has 3 heterocycles. The number of hydrogen-bond donors (Lipinski definition) is 2. The Morgan fingerprint density at radius 1 is 1.18 bits per heavy atom. The third-order valence-electron chi connectivity index (χ3n) is 4.25. The number of carbonyl (C=O) groups excluding carboxylic acids is 1. The number of sulfonamides is 1. The van der Waals surface area contributed by atoms with E-state index in [4.69, 9.17) is 33.1 Å². The molecule has 0 aliphatic carbocycles. The van der Waals surface area contributed by atoms with E-state index in [0.717, 1.165) is 18.3 Å². The molecule has 16 heteroatoms. The molecule has 0 aliphatic heterocycles. The van der Waals surface area contributed by atoms with Gasteiger partial charge in [-0.3, -0.25) is 5.32 Å². The highest BCUT2D eigenvalue weighted by atomic mass is 35.5. The van der Waals surface area contributed by atoms with Gasteiger partial charge >= 0.3 is 12.3 Å². The molecule has 0 fully saturated rings. The second-order valence-corrected chi connectivity index (χ2v) is 10.5. The van der Waals surface area contributed by atoms with Gasteiger partial charge in [0.1, 0.15) is 8.55 Å². The lowest BCUT2D eigenvalue weighted by molar-refractivity contribution is -0.142. The lowest BCUT2D eigenvalue weighted by Gasteiger charge is -2.11. The standard InChI is InChI=1S/C18H10Cl2F3N5O4S2/c19-9-3-1-8(2-4-9)10-5-13(18(21,22)23)28-16(26-10)12(7-25-28)32-17(29)27-11-6-14(33-15(11)20)34(24,30)31/h1-7H,(H,27,29)(H2,24,30,31). The molecule has 4 aromatic rings. The average Bonchev–Trinajstić information content (AvgIpc) is 3.30. The highest BCUT2D eigenvalue weighted by Crippen LogP contribution is 2.36. The molecule has 3 N–H and O–H groups in total. The van der Waals surface area contributed by atoms with Gasteiger partial charge in [0, 0.05) is 10.6 Å². The fourth-order valence-electron chi connectivity index (χ4n) is 2.79. The highest BCUT2D eigenvalue weighted by molar-refractivity contribution is 7.91. The fourth-order valence-corrected chi connectivity index (χ4v) is 4.98. The van der Waals surface area contributed by atoms with Crippen molar-refractivity contribution < 1.29 is 31.1 Å². The van der Waals surface area contributed by atoms with Gasteiger partial charge in [-0.1, -0.05) is 35.3 Å². The number of ether oxygens (including phenoxy) is 1. The van der Waals surface area contributed by atoms with Crippen LogP contribution in [0, 0.1) is 0 Å². The highest BCUT2D eigenvalue weighted by Gasteiger charge is 2.36. The van der Waals surface area contributed by atoms with Crippen LogP contribution >= 0.6 is 34.5 Å². The first kappa shape index (κ1) is 24.2. The van der Waals surface area contributed by atoms with Gasteiger partial charge in [-0.25, -0.2) is 27.9 Å². The Bertz CT molecular complexity index is 1520. The van der Waals surface area contributed by atoms with E-state index in [0.29, 0.717) is 26.4 Å². The summed E-state index contributed by atoms with van der Waals surface area (Å²) in [5, 5.41) is 11.2. The molecule has 3 aromatic heterocycles. The van der Waals surface area contributed by atoms with E-state index in [-0.39, 0.29) is 19.9 Å². The van der Waals surface area contributed by atoms with Crippen LogP contribution in [0.5, 0.6) is 5.75 Å². The molecule has 0 aliphatic rings. The van der Waals surface area contributed by atoms with Crippen molar-refractivity contribution in [2.45, 2.75) is 10.4 Å². The smallest absolute Gasteiger partial charge is 0.404 e. The summed E-state index contributed by atoms with van der Waals surface area (Å²) in [5.41, 5.74) is -1.41. The van der Waals surface area contributed by atoms with Gasteiger partial charge in [0.15, 0.2) is 17.1 Å². The predicted octanol–water partition coefficient (Wildman–Crippen LogP) is 5.04. The molecular weight excluding hydrogens is 542 g/mol. The molecule has 9 nitrogen and oxygen atoms in total. The summed E-state index contributed by atoms with van der Waals surface area (Å²) < 4.78 is 69.0. The normalized spacial score (nSPS) is 12.2. The summed E-state index contributed by atoms with van der Waals surface area (Å²) in [7, 11) is -4.07. The Hall–Kier alpha value is -2.91. The third-order valence-corrected chi connectivity index (χ3v) is 7.28. The van der Waals surface area contributed by atoms with E-state index in [2.05, 4.69) is 15.4 Å². The SMILES string of the molecule is NS(=O)(=O)c1cc(NC(=O)Oc2cnn3c(C(F)(F)F)cc(-c4ccc(Cl)cc4)nc23)c(Cl)s1. The molecule has 4 rings (SSSR count). The van der Waals surface area contributed by atoms with E-state index in [1.807, 2.05) is 0 Å². The predicted molar refractivity (Wildman–Crippen MR) is 119 cm³/mol. The fraction of sp³-hybridized carbons (Fsp3) is 0.0556. The number of nitrogens with two attached hydrogens (primary N) is 1. The van der Waals surface area contributed by atoms with Crippen LogP contribution in [-0.4, -0.2) is 29.1 Å². The Morgan fingerprint density at radius 3 is 2.44 bits per heavy atom. The van der Waals surface area contributed by atoms with Crippen LogP contribution in [0.15, 0.2) is 46.8 Å². The Morgan fingerprint density at radius 2 is 1.85 bits per heavy atom. The van der Waals surface area contributed by atoms with Gasteiger partial charge in [0.25, 0.3) is 0 Å². The van der Waals surface area contributed by atoms with Crippen LogP contribution in [-0.2, 0) is 16.2 Å². The minimum Gasteiger partial charge on any atom is -0.404 e. The number of aromatic nitrogens is 3. The third kappa shape index (κ3) is 4.95. The van der Waals surface area contributed by atoms with Gasteiger partial charge < -0.3 is 4.74 Å². The van der Waals surface area contributed by atoms with E-state index in [9.17, 15) is 26.4 Å². The van der Waals surface area contributed by atoms with Crippen LogP contribution < -0.4 is 15.2 Å². The number of thiophene rings is 1. The van der Waals surface area contributed by atoms with Crippen molar-refractivity contribution in [2.75, 3.05) is 5.32 Å². The maximum atomic E-state index is 13.7. The van der Waals surface area contributed by atoms with Crippen molar-refractivity contribution in [1.29, 1.82) is 0 Å². The molecule has 1 aromatic carbocycles. The molecule has 0 bridgehead atoms. The molecule has 0 spiro atoms. The number of carbonyl (C=O) groups is 1. The van der Waals surface area contributed by atoms with Crippen molar-refractivity contribution >= 4 is 62.0 Å². The van der Waals surface area contributed by atoms with Gasteiger partial charge in [-0.15, -0.1) is 11.3 Å². The second-order valence-electron chi connectivity index (χ2n) is 6.59. The zero-order valence-electron chi connectivity index (χ0n) is 16.3. The van der Waals surface area contributed by atoms with Gasteiger partial charge in [-0.05, 0) is 24.3 Å². The summed E-state index contributed by atoms with van der Waals surface area (Å²) in [6.45, 7) is 0. The molecule has 0 saturated heterocycles. The van der Waals surface area contributed by atoms with Crippen LogP contribution in [0.25, 0.3) is 16.9 Å². The largest absolute Gasteiger partial charge is 0.433 e. The molecule has 0 atom stereocenters. The van der Waals surface area contributed by atoms with Gasteiger partial charge in [0.05, 0.1) is 17.6 Å². The maximum absolute atomic E-state index is 13.7. The number of alkyl halides is 3. The second kappa shape index (κ2) is 8.70. The number of primary sulfonamides is 1. The lowest BCUT2D eigenvalue weighted by atomic mass is 10.1. The summed E-state index contributed by atoms with van der Waals surface area (Å²) in [6.07, 6.45) is -5.10. The van der Waals surface area contributed by atoms with Crippen molar-refractivity contribution in [2.24, 2.45) is 5.14 Å². The Kier molecular flexibility index (Phi) is 6.20. The molecule has 178 valence electrons. The number of hydrogen-bond acceptors (Lipinski definition) is 7. The van der Waals surface area contributed by atoms with Gasteiger partial charge in [0.2, 0.25) is 10.0 Å².